The summed E-state index contributed by atoms with van der Waals surface area (Å²) in [6.07, 6.45) is -11.6. The lowest BCUT2D eigenvalue weighted by molar-refractivity contribution is -0.192. The molecular formula is C25H23ClF8N4O6. The molecule has 242 valence electrons. The predicted octanol–water partition coefficient (Wildman–Crippen LogP) is 5.89. The molecule has 1 unspecified atom stereocenters. The van der Waals surface area contributed by atoms with Gasteiger partial charge in [0.2, 0.25) is 0 Å². The number of carboxylic acid groups (broad SMARTS) is 2. The number of aryl methyl sites for hydroxylation is 1. The SMILES string of the molecule is Cc1cc(OCc2c(F)cccc2F)c2nc(Cl)c(C(=O)NCC(C)(CCC(F)(F)F)NC(=O)O)n2c1.O=C(O)C(F)(F)F. The van der Waals surface area contributed by atoms with Gasteiger partial charge in [0.05, 0.1) is 11.1 Å². The largest absolute Gasteiger partial charge is 0.490 e. The minimum Gasteiger partial charge on any atom is -0.485 e. The summed E-state index contributed by atoms with van der Waals surface area (Å²) >= 11 is 6.18. The van der Waals surface area contributed by atoms with Crippen LogP contribution < -0.4 is 15.4 Å². The number of nitrogens with zero attached hydrogens (tertiary/aromatic N) is 2. The van der Waals surface area contributed by atoms with Crippen molar-refractivity contribution in [3.63, 3.8) is 0 Å². The molecule has 0 radical (unpaired) electrons. The Morgan fingerprint density at radius 2 is 1.61 bits per heavy atom. The zero-order chi connectivity index (χ0) is 33.6. The molecule has 2 heterocycles. The third-order valence-corrected chi connectivity index (χ3v) is 5.94. The maximum Gasteiger partial charge on any atom is 0.490 e. The number of fused-ring (bicyclic) bond motifs is 1. The summed E-state index contributed by atoms with van der Waals surface area (Å²) in [5.41, 5.74) is -1.56. The number of pyridine rings is 1. The van der Waals surface area contributed by atoms with E-state index in [9.17, 15) is 44.7 Å². The van der Waals surface area contributed by atoms with Gasteiger partial charge in [-0.1, -0.05) is 17.7 Å². The van der Waals surface area contributed by atoms with E-state index in [2.05, 4.69) is 10.3 Å². The van der Waals surface area contributed by atoms with Crippen LogP contribution in [0.25, 0.3) is 5.65 Å². The van der Waals surface area contributed by atoms with Crippen molar-refractivity contribution in [1.82, 2.24) is 20.0 Å². The van der Waals surface area contributed by atoms with Crippen LogP contribution in [0.2, 0.25) is 5.15 Å². The lowest BCUT2D eigenvalue weighted by Gasteiger charge is -2.30. The summed E-state index contributed by atoms with van der Waals surface area (Å²) in [7, 11) is 0. The predicted molar refractivity (Wildman–Crippen MR) is 137 cm³/mol. The number of rotatable bonds is 9. The second-order valence-corrected chi connectivity index (χ2v) is 9.77. The number of aromatic nitrogens is 2. The molecular weight excluding hydrogens is 640 g/mol. The molecule has 2 aromatic heterocycles. The average Bonchev–Trinajstić information content (AvgIpc) is 3.20. The quantitative estimate of drug-likeness (QED) is 0.210. The Labute approximate surface area is 247 Å². The van der Waals surface area contributed by atoms with Crippen molar-refractivity contribution in [3.8, 4) is 5.75 Å². The average molecular weight is 663 g/mol. The number of carboxylic acids is 1. The lowest BCUT2D eigenvalue weighted by atomic mass is 9.95. The van der Waals surface area contributed by atoms with E-state index in [4.69, 9.17) is 31.3 Å². The van der Waals surface area contributed by atoms with Crippen LogP contribution in [0.4, 0.5) is 39.9 Å². The molecule has 1 atom stereocenters. The molecule has 0 saturated carbocycles. The monoisotopic (exact) mass is 662 g/mol. The normalized spacial score (nSPS) is 13.0. The van der Waals surface area contributed by atoms with Crippen molar-refractivity contribution < 1.29 is 64.5 Å². The van der Waals surface area contributed by atoms with Crippen molar-refractivity contribution in [1.29, 1.82) is 0 Å². The molecule has 0 spiro atoms. The topological polar surface area (TPSA) is 142 Å². The molecule has 4 N–H and O–H groups in total. The van der Waals surface area contributed by atoms with Gasteiger partial charge in [-0.15, -0.1) is 0 Å². The molecule has 0 bridgehead atoms. The molecule has 3 rings (SSSR count). The molecule has 0 aliphatic carbocycles. The first-order valence-electron chi connectivity index (χ1n) is 12.0. The fraction of sp³-hybridized carbons (Fsp3) is 0.360. The van der Waals surface area contributed by atoms with Gasteiger partial charge in [0.1, 0.15) is 18.2 Å². The molecule has 0 aliphatic heterocycles. The van der Waals surface area contributed by atoms with Gasteiger partial charge in [-0.2, -0.15) is 26.3 Å². The maximum absolute atomic E-state index is 14.0. The molecule has 3 aromatic rings. The van der Waals surface area contributed by atoms with Gasteiger partial charge in [-0.3, -0.25) is 9.20 Å². The standard InChI is InChI=1S/C23H22ClF5N4O4.C2HF3O2/c1-12-8-16(37-10-13-14(25)4-3-5-15(13)26)19-31-18(24)17(33(19)9-12)20(34)30-11-22(2,32-21(35)36)6-7-23(27,28)29;3-2(4,5)1(6)7/h3-5,8-9,32H,6-7,10-11H2,1-2H3,(H,30,34)(H,35,36);(H,6,7). The van der Waals surface area contributed by atoms with E-state index in [1.54, 1.807) is 6.92 Å². The van der Waals surface area contributed by atoms with Crippen LogP contribution in [0.5, 0.6) is 5.75 Å². The number of carbonyl (C=O) groups excluding carboxylic acids is 1. The summed E-state index contributed by atoms with van der Waals surface area (Å²) in [6.45, 7) is 1.90. The first-order chi connectivity index (χ1) is 20.1. The molecule has 10 nitrogen and oxygen atoms in total. The first-order valence-corrected chi connectivity index (χ1v) is 12.4. The molecule has 2 amide bonds. The maximum atomic E-state index is 14.0. The number of aliphatic carboxylic acids is 1. The Kier molecular flexibility index (Phi) is 11.4. The van der Waals surface area contributed by atoms with Gasteiger partial charge in [-0.05, 0) is 44.0 Å². The highest BCUT2D eigenvalue weighted by Crippen LogP contribution is 2.29. The Morgan fingerprint density at radius 1 is 1.05 bits per heavy atom. The number of hydrogen-bond acceptors (Lipinski definition) is 5. The minimum atomic E-state index is -5.08. The van der Waals surface area contributed by atoms with E-state index in [0.29, 0.717) is 5.56 Å². The Morgan fingerprint density at radius 3 is 2.11 bits per heavy atom. The van der Waals surface area contributed by atoms with Crippen LogP contribution in [0, 0.1) is 18.6 Å². The van der Waals surface area contributed by atoms with Crippen LogP contribution in [-0.2, 0) is 11.4 Å². The molecule has 19 heteroatoms. The Bertz CT molecular complexity index is 1510. The third kappa shape index (κ3) is 10.1. The molecule has 0 fully saturated rings. The van der Waals surface area contributed by atoms with Crippen LogP contribution >= 0.6 is 11.6 Å². The van der Waals surface area contributed by atoms with Crippen LogP contribution in [0.3, 0.4) is 0 Å². The van der Waals surface area contributed by atoms with E-state index < -0.39 is 73.5 Å². The van der Waals surface area contributed by atoms with Crippen LogP contribution in [0.15, 0.2) is 30.5 Å². The number of hydrogen-bond donors (Lipinski definition) is 4. The summed E-state index contributed by atoms with van der Waals surface area (Å²) in [4.78, 5) is 37.1. The number of imidazole rings is 1. The number of alkyl halides is 6. The number of benzene rings is 1. The summed E-state index contributed by atoms with van der Waals surface area (Å²) in [6, 6.07) is 4.87. The van der Waals surface area contributed by atoms with Crippen LogP contribution in [0.1, 0.15) is 41.4 Å². The van der Waals surface area contributed by atoms with Crippen molar-refractivity contribution in [3.05, 3.63) is 64.1 Å². The summed E-state index contributed by atoms with van der Waals surface area (Å²) in [5.74, 6) is -5.17. The summed E-state index contributed by atoms with van der Waals surface area (Å²) < 4.78 is 105. The molecule has 1 aromatic carbocycles. The van der Waals surface area contributed by atoms with E-state index in [1.807, 2.05) is 5.32 Å². The van der Waals surface area contributed by atoms with E-state index in [0.717, 1.165) is 12.1 Å². The highest BCUT2D eigenvalue weighted by Gasteiger charge is 2.38. The van der Waals surface area contributed by atoms with Gasteiger partial charge < -0.3 is 25.6 Å². The fourth-order valence-electron chi connectivity index (χ4n) is 3.58. The molecule has 0 saturated heterocycles. The molecule has 0 aliphatic rings. The number of nitrogens with one attached hydrogen (secondary N) is 2. The highest BCUT2D eigenvalue weighted by molar-refractivity contribution is 6.32. The zero-order valence-corrected chi connectivity index (χ0v) is 23.3. The highest BCUT2D eigenvalue weighted by atomic mass is 35.5. The smallest absolute Gasteiger partial charge is 0.485 e. The number of halogens is 9. The summed E-state index contributed by atoms with van der Waals surface area (Å²) in [5, 5.41) is 20.3. The van der Waals surface area contributed by atoms with E-state index in [-0.39, 0.29) is 27.8 Å². The van der Waals surface area contributed by atoms with Gasteiger partial charge in [0.15, 0.2) is 22.2 Å². The Hall–Kier alpha value is -4.35. The second-order valence-electron chi connectivity index (χ2n) is 9.41. The number of amides is 2. The lowest BCUT2D eigenvalue weighted by Crippen LogP contribution is -2.53. The first kappa shape index (κ1) is 35.8. The Balaban J connectivity index is 0.000000860. The van der Waals surface area contributed by atoms with E-state index in [1.165, 1.54) is 29.7 Å². The van der Waals surface area contributed by atoms with Gasteiger partial charge in [0.25, 0.3) is 5.91 Å². The van der Waals surface area contributed by atoms with Crippen molar-refractivity contribution in [2.75, 3.05) is 6.54 Å². The second kappa shape index (κ2) is 14.0. The fourth-order valence-corrected chi connectivity index (χ4v) is 3.83. The van der Waals surface area contributed by atoms with E-state index >= 15 is 0 Å². The number of carbonyl (C=O) groups is 3. The number of ether oxygens (including phenoxy) is 1. The molecule has 44 heavy (non-hydrogen) atoms. The van der Waals surface area contributed by atoms with Crippen molar-refractivity contribution in [2.45, 2.75) is 51.2 Å². The van der Waals surface area contributed by atoms with Crippen molar-refractivity contribution >= 4 is 35.2 Å². The third-order valence-electron chi connectivity index (χ3n) is 5.68. The van der Waals surface area contributed by atoms with Crippen LogP contribution in [-0.4, -0.2) is 62.0 Å². The minimum absolute atomic E-state index is 0.0426. The van der Waals surface area contributed by atoms with Gasteiger partial charge in [0, 0.05) is 19.2 Å². The van der Waals surface area contributed by atoms with Gasteiger partial charge >= 0.3 is 24.4 Å². The zero-order valence-electron chi connectivity index (χ0n) is 22.5. The van der Waals surface area contributed by atoms with Gasteiger partial charge in [-0.25, -0.2) is 23.4 Å². The van der Waals surface area contributed by atoms with Crippen molar-refractivity contribution in [2.24, 2.45) is 0 Å².